The van der Waals surface area contributed by atoms with Crippen LogP contribution in [0.3, 0.4) is 0 Å². The van der Waals surface area contributed by atoms with E-state index < -0.39 is 172 Å². The Hall–Kier alpha value is -7.07. The number of hydrogen-bond acceptors (Lipinski definition) is 26. The van der Waals surface area contributed by atoms with Crippen molar-refractivity contribution in [2.24, 2.45) is 23.7 Å². The highest BCUT2D eigenvalue weighted by atomic mass is 35.5. The van der Waals surface area contributed by atoms with Crippen molar-refractivity contribution in [3.8, 4) is 0 Å². The number of rotatable bonds is 18. The normalized spacial score (nSPS) is 31.6. The highest BCUT2D eigenvalue weighted by molar-refractivity contribution is 6.42. The fraction of sp³-hybridized carbons (Fsp3) is 0.623. The van der Waals surface area contributed by atoms with Crippen LogP contribution in [0.4, 0.5) is 0 Å². The number of hydrogen-bond donors (Lipinski definition) is 4. The zero-order chi connectivity index (χ0) is 74.6. The number of benzene rings is 1. The summed E-state index contributed by atoms with van der Waals surface area (Å²) in [6, 6.07) is 2.69. The Kier molecular flexibility index (Phi) is 26.3. The molecule has 0 spiro atoms. The van der Waals surface area contributed by atoms with E-state index in [0.717, 1.165) is 27.7 Å². The molecule has 26 nitrogen and oxygen atoms in total. The minimum atomic E-state index is -2.58. The number of fused-ring (bicyclic) bond motifs is 6. The molecule has 0 aromatic heterocycles. The average Bonchev–Trinajstić information content (AvgIpc) is 1.53. The Balaban J connectivity index is 0.000000286. The van der Waals surface area contributed by atoms with Gasteiger partial charge in [-0.3, -0.25) is 33.6 Å². The first kappa shape index (κ1) is 81.6. The van der Waals surface area contributed by atoms with Gasteiger partial charge in [0.25, 0.3) is 0 Å². The van der Waals surface area contributed by atoms with Crippen LogP contribution in [0, 0.1) is 23.7 Å². The Morgan fingerprint density at radius 2 is 0.990 bits per heavy atom. The number of Topliss-reactive ketones (excluding diaryl/α,β-unsaturated/α-hetero) is 1. The summed E-state index contributed by atoms with van der Waals surface area (Å²) in [6.07, 6.45) is -7.40. The monoisotopic (exact) mass is 1440 g/mol. The van der Waals surface area contributed by atoms with Crippen molar-refractivity contribution in [2.45, 2.75) is 252 Å². The van der Waals surface area contributed by atoms with Crippen molar-refractivity contribution in [2.75, 3.05) is 0 Å². The highest BCUT2D eigenvalue weighted by Gasteiger charge is 2.78. The van der Waals surface area contributed by atoms with Crippen LogP contribution >= 0.6 is 34.8 Å². The summed E-state index contributed by atoms with van der Waals surface area (Å²) in [7, 11) is 0. The maximum atomic E-state index is 13.4. The van der Waals surface area contributed by atoms with E-state index in [9.17, 15) is 78.0 Å². The van der Waals surface area contributed by atoms with Gasteiger partial charge in [0.05, 0.1) is 27.4 Å². The molecule has 4 aliphatic carbocycles. The minimum absolute atomic E-state index is 0.0163. The van der Waals surface area contributed by atoms with Gasteiger partial charge in [0.15, 0.2) is 58.7 Å². The van der Waals surface area contributed by atoms with Crippen molar-refractivity contribution < 1.29 is 125 Å². The van der Waals surface area contributed by atoms with Gasteiger partial charge < -0.3 is 67.8 Å². The third-order valence-electron chi connectivity index (χ3n) is 18.2. The fourth-order valence-corrected chi connectivity index (χ4v) is 14.1. The predicted octanol–water partition coefficient (Wildman–Crippen LogP) is 8.21. The lowest BCUT2D eigenvalue weighted by molar-refractivity contribution is -0.212. The molecule has 1 aromatic rings. The van der Waals surface area contributed by atoms with Crippen LogP contribution in [-0.4, -0.2) is 168 Å². The van der Waals surface area contributed by atoms with Crippen molar-refractivity contribution in [1.82, 2.24) is 0 Å². The Morgan fingerprint density at radius 1 is 0.582 bits per heavy atom. The Bertz CT molecular complexity index is 3480. The van der Waals surface area contributed by atoms with Gasteiger partial charge in [0, 0.05) is 68.5 Å². The lowest BCUT2D eigenvalue weighted by Gasteiger charge is -2.41. The molecule has 2 saturated heterocycles. The van der Waals surface area contributed by atoms with Crippen LogP contribution in [0.15, 0.2) is 57.7 Å². The van der Waals surface area contributed by atoms with Gasteiger partial charge in [-0.25, -0.2) is 24.0 Å². The van der Waals surface area contributed by atoms with Crippen molar-refractivity contribution in [1.29, 1.82) is 0 Å². The quantitative estimate of drug-likeness (QED) is 0.0353. The summed E-state index contributed by atoms with van der Waals surface area (Å²) < 4.78 is 56.0. The molecule has 2 heterocycles. The van der Waals surface area contributed by atoms with Crippen LogP contribution in [-0.2, 0) is 100 Å². The van der Waals surface area contributed by atoms with Crippen molar-refractivity contribution in [3.05, 3.63) is 78.4 Å². The molecule has 0 radical (unpaired) electrons. The molecule has 1 aromatic carbocycles. The molecule has 542 valence electrons. The molecule has 2 aliphatic heterocycles. The summed E-state index contributed by atoms with van der Waals surface area (Å²) in [5, 5.41) is 47.3. The molecular formula is C69H89Cl3O26. The summed E-state index contributed by atoms with van der Waals surface area (Å²) in [4.78, 5) is 151. The van der Waals surface area contributed by atoms with Crippen LogP contribution in [0.5, 0.6) is 0 Å². The third kappa shape index (κ3) is 16.4. The average molecular weight is 1440 g/mol. The predicted molar refractivity (Wildman–Crippen MR) is 347 cm³/mol. The first-order valence-electron chi connectivity index (χ1n) is 32.0. The second kappa shape index (κ2) is 31.6. The molecule has 2 saturated carbocycles. The number of esters is 11. The number of halogens is 3. The van der Waals surface area contributed by atoms with Gasteiger partial charge in [-0.05, 0) is 128 Å². The van der Waals surface area contributed by atoms with E-state index in [0.29, 0.717) is 18.4 Å². The van der Waals surface area contributed by atoms with Crippen LogP contribution in [0.1, 0.15) is 186 Å². The summed E-state index contributed by atoms with van der Waals surface area (Å²) >= 11 is 17.4. The molecule has 0 amide bonds. The maximum absolute atomic E-state index is 13.4. The second-order valence-corrected chi connectivity index (χ2v) is 28.1. The summed E-state index contributed by atoms with van der Waals surface area (Å²) in [6.45, 7) is 27.5. The number of carbonyl (C=O) groups is 12. The second-order valence-electron chi connectivity index (χ2n) is 26.8. The zero-order valence-electron chi connectivity index (χ0n) is 58.2. The van der Waals surface area contributed by atoms with E-state index in [4.69, 9.17) is 77.4 Å². The van der Waals surface area contributed by atoms with Gasteiger partial charge in [0.1, 0.15) is 23.4 Å². The van der Waals surface area contributed by atoms with Gasteiger partial charge in [-0.2, -0.15) is 0 Å². The van der Waals surface area contributed by atoms with Crippen LogP contribution in [0.25, 0.3) is 0 Å². The smallest absolute Gasteiger partial charge is 0.349 e. The Morgan fingerprint density at radius 3 is 1.40 bits per heavy atom. The number of ether oxygens (including phenoxy) is 10. The van der Waals surface area contributed by atoms with E-state index in [1.807, 2.05) is 13.8 Å². The summed E-state index contributed by atoms with van der Waals surface area (Å²) in [5.41, 5.74) is -12.6. The van der Waals surface area contributed by atoms with E-state index in [-0.39, 0.29) is 86.0 Å². The SMILES string of the molecule is C/C=C(/C)C(=O)OC(=O)c1c(Cl)cc(Cl)cc1Cl.C/C=C(/C)C(=O)O[C@H]1C(C)=C2[C@H]([C@@H]1OC(=O)CC(C)C)[C@@](C)(OC(C)=O)C[C@H](OC(=O)CCC)[C@@]1(O)[C@H]2OC(=O)[C@@]1(C)O.CCCC(=O)O[C@H]1C[C@](C)(OC(C)=O)[C@@H]2C(=C(C)C(=O)[C@H]2OC(=O)CC(C)C)[C@@H]2OC(=O)[C@@](C)(O)[C@@]12O. The van der Waals surface area contributed by atoms with Crippen molar-refractivity contribution >= 4 is 106 Å². The number of allylic oxidation sites excluding steroid dienone is 2. The molecule has 6 aliphatic rings. The van der Waals surface area contributed by atoms with E-state index in [2.05, 4.69) is 4.74 Å². The molecular weight excluding hydrogens is 1350 g/mol. The maximum Gasteiger partial charge on any atom is 0.349 e. The fourth-order valence-electron chi connectivity index (χ4n) is 13.1. The molecule has 4 N–H and O–H groups in total. The number of aliphatic hydroxyl groups is 4. The largest absolute Gasteiger partial charge is 0.459 e. The lowest BCUT2D eigenvalue weighted by Crippen LogP contribution is -2.64. The molecule has 4 fully saturated rings. The number of ketones is 1. The molecule has 98 heavy (non-hydrogen) atoms. The van der Waals surface area contributed by atoms with Gasteiger partial charge in [0.2, 0.25) is 0 Å². The van der Waals surface area contributed by atoms with Gasteiger partial charge in [-0.1, -0.05) is 88.5 Å². The summed E-state index contributed by atoms with van der Waals surface area (Å²) in [5.74, 6) is -12.0. The molecule has 7 rings (SSSR count). The van der Waals surface area contributed by atoms with Gasteiger partial charge >= 0.3 is 65.7 Å². The van der Waals surface area contributed by atoms with Crippen LogP contribution < -0.4 is 0 Å². The van der Waals surface area contributed by atoms with Gasteiger partial charge in [-0.15, -0.1) is 0 Å². The van der Waals surface area contributed by atoms with E-state index in [1.165, 1.54) is 45.9 Å². The first-order chi connectivity index (χ1) is 45.2. The standard InChI is InChI=1S/C31H44O12.C26H36O11.C12H9Cl3O3/c1-10-12-20(33)39-19-14-29(8,43-18(7)32)23-22(26-31(19,38)30(9,37)28(36)42-26)17(6)24(41-27(35)16(5)11-2)25(23)40-21(34)13-15(3)4;1-8-9-16(28)34-15-11-24(6,37-14(5)27)19-18(22-26(15,33)25(7,32)23(31)36-22)13(4)20(30)21(19)35-17(29)10-12(2)3;1-3-6(2)11(16)18-12(17)10-8(14)4-7(13)5-9(10)15/h11,15,19,23-26,37-38H,10,12-14H2,1-9H3;12,15,19,21-22,32-33H,8-11H2,1-7H3;3-5H,1-2H3/b16-11-;;6-3-/t19-,23+,24-,25-,26-,29-,30+,31+;15-,19+,21-,22-,24-,25+,26+;/m00./s1. The first-order valence-corrected chi connectivity index (χ1v) is 33.2. The molecule has 29 heteroatoms. The zero-order valence-corrected chi connectivity index (χ0v) is 60.5. The van der Waals surface area contributed by atoms with E-state index >= 15 is 0 Å². The lowest BCUT2D eigenvalue weighted by atomic mass is 9.75. The topological polar surface area (TPSA) is 378 Å². The highest BCUT2D eigenvalue weighted by Crippen LogP contribution is 2.59. The Labute approximate surface area is 583 Å². The number of carbonyl (C=O) groups excluding carboxylic acids is 12. The molecule has 15 atom stereocenters. The van der Waals surface area contributed by atoms with Crippen LogP contribution in [0.2, 0.25) is 15.1 Å². The van der Waals surface area contributed by atoms with E-state index in [1.54, 1.807) is 61.5 Å². The minimum Gasteiger partial charge on any atom is -0.459 e. The molecule has 0 bridgehead atoms. The van der Waals surface area contributed by atoms with Crippen molar-refractivity contribution in [3.63, 3.8) is 0 Å². The third-order valence-corrected chi connectivity index (χ3v) is 19.0. The molecule has 0 unspecified atom stereocenters.